The first kappa shape index (κ1) is 19.7. The lowest BCUT2D eigenvalue weighted by Gasteiger charge is -2.14. The molecule has 0 spiro atoms. The van der Waals surface area contributed by atoms with Crippen LogP contribution < -0.4 is 5.32 Å². The summed E-state index contributed by atoms with van der Waals surface area (Å²) < 4.78 is 8.66. The number of aromatic nitrogens is 3. The number of nitrogens with one attached hydrogen (secondary N) is 1. The Morgan fingerprint density at radius 2 is 2.35 bits per heavy atom. The summed E-state index contributed by atoms with van der Waals surface area (Å²) in [5.74, 6) is 1.02. The fraction of sp³-hybridized carbons (Fsp3) is 0.471. The van der Waals surface area contributed by atoms with E-state index in [1.54, 1.807) is 12.1 Å². The number of carbonyl (C=O) groups excluding carboxylic acids is 1. The highest BCUT2D eigenvalue weighted by atomic mass is 79.9. The van der Waals surface area contributed by atoms with Crippen molar-refractivity contribution >= 4 is 50.9 Å². The molecule has 1 aromatic heterocycles. The van der Waals surface area contributed by atoms with E-state index in [0.29, 0.717) is 10.7 Å². The number of hydrogen-bond donors (Lipinski definition) is 1. The fourth-order valence-corrected chi connectivity index (χ4v) is 4.26. The molecular weight excluding hydrogens is 440 g/mol. The van der Waals surface area contributed by atoms with Crippen molar-refractivity contribution in [3.63, 3.8) is 0 Å². The third-order valence-corrected chi connectivity index (χ3v) is 5.83. The summed E-state index contributed by atoms with van der Waals surface area (Å²) in [5.41, 5.74) is 0.593. The van der Waals surface area contributed by atoms with Crippen molar-refractivity contribution in [2.24, 2.45) is 0 Å². The average Bonchev–Trinajstić information content (AvgIpc) is 3.26. The van der Waals surface area contributed by atoms with Gasteiger partial charge < -0.3 is 14.6 Å². The molecule has 1 aliphatic rings. The van der Waals surface area contributed by atoms with E-state index < -0.39 is 0 Å². The third kappa shape index (κ3) is 5.00. The highest BCUT2D eigenvalue weighted by Gasteiger charge is 2.21. The molecule has 0 saturated carbocycles. The Morgan fingerprint density at radius 1 is 1.50 bits per heavy atom. The van der Waals surface area contributed by atoms with Gasteiger partial charge in [-0.05, 0) is 31.0 Å². The highest BCUT2D eigenvalue weighted by Crippen LogP contribution is 2.26. The van der Waals surface area contributed by atoms with Gasteiger partial charge >= 0.3 is 0 Å². The molecule has 1 atom stereocenters. The number of rotatable bonds is 7. The topological polar surface area (TPSA) is 69.0 Å². The van der Waals surface area contributed by atoms with Gasteiger partial charge in [-0.25, -0.2) is 0 Å². The zero-order chi connectivity index (χ0) is 18.5. The summed E-state index contributed by atoms with van der Waals surface area (Å²) >= 11 is 10.9. The molecule has 0 radical (unpaired) electrons. The molecule has 6 nitrogen and oxygen atoms in total. The van der Waals surface area contributed by atoms with Crippen LogP contribution in [-0.2, 0) is 22.5 Å². The molecule has 3 rings (SSSR count). The zero-order valence-electron chi connectivity index (χ0n) is 14.4. The highest BCUT2D eigenvalue weighted by molar-refractivity contribution is 9.10. The summed E-state index contributed by atoms with van der Waals surface area (Å²) in [6.45, 7) is 3.60. The molecule has 1 N–H and O–H groups in total. The van der Waals surface area contributed by atoms with Crippen molar-refractivity contribution in [1.82, 2.24) is 14.8 Å². The van der Waals surface area contributed by atoms with E-state index in [9.17, 15) is 4.79 Å². The van der Waals surface area contributed by atoms with Crippen LogP contribution in [-0.4, -0.2) is 39.1 Å². The molecule has 1 fully saturated rings. The van der Waals surface area contributed by atoms with E-state index in [1.807, 2.05) is 13.0 Å². The second-order valence-electron chi connectivity index (χ2n) is 5.96. The number of aryl methyl sites for hydroxylation is 1. The first-order valence-corrected chi connectivity index (χ1v) is 10.6. The average molecular weight is 460 g/mol. The monoisotopic (exact) mass is 458 g/mol. The summed E-state index contributed by atoms with van der Waals surface area (Å²) in [7, 11) is 0. The minimum atomic E-state index is -0.135. The third-order valence-electron chi connectivity index (χ3n) is 4.06. The summed E-state index contributed by atoms with van der Waals surface area (Å²) in [6.07, 6.45) is 3.13. The largest absolute Gasteiger partial charge is 0.376 e. The summed E-state index contributed by atoms with van der Waals surface area (Å²) in [6, 6.07) is 5.35. The van der Waals surface area contributed by atoms with E-state index in [0.717, 1.165) is 47.9 Å². The minimum absolute atomic E-state index is 0.135. The number of thioether (sulfide) groups is 1. The zero-order valence-corrected chi connectivity index (χ0v) is 17.5. The quantitative estimate of drug-likeness (QED) is 0.630. The molecule has 0 aliphatic carbocycles. The molecule has 2 heterocycles. The van der Waals surface area contributed by atoms with Gasteiger partial charge in [-0.2, -0.15) is 0 Å². The molecule has 1 saturated heterocycles. The van der Waals surface area contributed by atoms with E-state index in [4.69, 9.17) is 16.3 Å². The predicted octanol–water partition coefficient (Wildman–Crippen LogP) is 4.17. The Hall–Kier alpha value is -1.09. The van der Waals surface area contributed by atoms with Gasteiger partial charge in [-0.15, -0.1) is 10.2 Å². The van der Waals surface area contributed by atoms with Gasteiger partial charge in [-0.3, -0.25) is 4.79 Å². The van der Waals surface area contributed by atoms with Crippen molar-refractivity contribution in [3.8, 4) is 0 Å². The van der Waals surface area contributed by atoms with Crippen LogP contribution in [0.5, 0.6) is 0 Å². The summed E-state index contributed by atoms with van der Waals surface area (Å²) in [5, 5.41) is 12.6. The van der Waals surface area contributed by atoms with Gasteiger partial charge in [0.25, 0.3) is 0 Å². The second-order valence-corrected chi connectivity index (χ2v) is 8.22. The lowest BCUT2D eigenvalue weighted by atomic mass is 10.2. The van der Waals surface area contributed by atoms with E-state index in [-0.39, 0.29) is 17.8 Å². The van der Waals surface area contributed by atoms with Gasteiger partial charge in [0, 0.05) is 17.5 Å². The van der Waals surface area contributed by atoms with Crippen LogP contribution in [0.3, 0.4) is 0 Å². The van der Waals surface area contributed by atoms with Crippen molar-refractivity contribution in [1.29, 1.82) is 0 Å². The number of amides is 1. The van der Waals surface area contributed by atoms with E-state index >= 15 is 0 Å². The predicted molar refractivity (Wildman–Crippen MR) is 107 cm³/mol. The van der Waals surface area contributed by atoms with Crippen LogP contribution in [0.2, 0.25) is 5.02 Å². The number of carbonyl (C=O) groups is 1. The number of nitrogens with zero attached hydrogens (tertiary/aromatic N) is 3. The molecule has 1 aromatic carbocycles. The van der Waals surface area contributed by atoms with Crippen LogP contribution in [0.25, 0.3) is 0 Å². The molecular formula is C17H20BrClN4O2S. The van der Waals surface area contributed by atoms with Crippen molar-refractivity contribution < 1.29 is 9.53 Å². The van der Waals surface area contributed by atoms with Gasteiger partial charge in [-0.1, -0.05) is 46.2 Å². The maximum Gasteiger partial charge on any atom is 0.234 e. The lowest BCUT2D eigenvalue weighted by molar-refractivity contribution is -0.113. The molecule has 26 heavy (non-hydrogen) atoms. The van der Waals surface area contributed by atoms with Crippen LogP contribution in [0.1, 0.15) is 25.6 Å². The molecule has 9 heteroatoms. The van der Waals surface area contributed by atoms with Crippen molar-refractivity contribution in [2.75, 3.05) is 17.7 Å². The van der Waals surface area contributed by atoms with Gasteiger partial charge in [0.1, 0.15) is 5.82 Å². The van der Waals surface area contributed by atoms with Gasteiger partial charge in [0.05, 0.1) is 29.1 Å². The number of halogens is 2. The molecule has 2 aromatic rings. The number of benzene rings is 1. The summed E-state index contributed by atoms with van der Waals surface area (Å²) in [4.78, 5) is 12.3. The molecule has 1 aliphatic heterocycles. The molecule has 1 amide bonds. The van der Waals surface area contributed by atoms with Crippen molar-refractivity contribution in [3.05, 3.63) is 33.5 Å². The lowest BCUT2D eigenvalue weighted by Crippen LogP contribution is -2.19. The Kier molecular flexibility index (Phi) is 6.97. The van der Waals surface area contributed by atoms with E-state index in [2.05, 4.69) is 36.0 Å². The van der Waals surface area contributed by atoms with Gasteiger partial charge in [0.2, 0.25) is 5.91 Å². The van der Waals surface area contributed by atoms with Crippen molar-refractivity contribution in [2.45, 2.75) is 44.0 Å². The molecule has 0 bridgehead atoms. The van der Waals surface area contributed by atoms with Gasteiger partial charge in [0.15, 0.2) is 5.16 Å². The maximum absolute atomic E-state index is 12.3. The minimum Gasteiger partial charge on any atom is -0.376 e. The normalized spacial score (nSPS) is 16.8. The Morgan fingerprint density at radius 3 is 3.04 bits per heavy atom. The van der Waals surface area contributed by atoms with E-state index in [1.165, 1.54) is 11.8 Å². The standard InChI is InChI=1S/C17H20BrClN4O2S/c1-2-15-21-22-17(23(15)9-12-4-3-7-25-12)26-10-16(24)20-14-6-5-11(18)8-13(14)19/h5-6,8,12H,2-4,7,9-10H2,1H3,(H,20,24). The Labute approximate surface area is 170 Å². The van der Waals surface area contributed by atoms with Crippen LogP contribution in [0, 0.1) is 0 Å². The fourth-order valence-electron chi connectivity index (χ4n) is 2.77. The Balaban J connectivity index is 1.61. The maximum atomic E-state index is 12.3. The first-order chi connectivity index (χ1) is 12.6. The van der Waals surface area contributed by atoms with Crippen LogP contribution in [0.15, 0.2) is 27.8 Å². The Bertz CT molecular complexity index is 780. The number of anilines is 1. The second kappa shape index (κ2) is 9.21. The van der Waals surface area contributed by atoms with Crippen LogP contribution in [0.4, 0.5) is 5.69 Å². The first-order valence-electron chi connectivity index (χ1n) is 8.48. The van der Waals surface area contributed by atoms with Crippen LogP contribution >= 0.6 is 39.3 Å². The number of hydrogen-bond acceptors (Lipinski definition) is 5. The smallest absolute Gasteiger partial charge is 0.234 e. The SMILES string of the molecule is CCc1nnc(SCC(=O)Nc2ccc(Br)cc2Cl)n1CC1CCCO1. The molecule has 140 valence electrons. The molecule has 1 unspecified atom stereocenters. The number of ether oxygens (including phenoxy) is 1.